The number of benzene rings is 1. The molecule has 0 saturated heterocycles. The number of carbonyl (C=O) groups excluding carboxylic acids is 1. The van der Waals surface area contributed by atoms with Crippen molar-refractivity contribution >= 4 is 23.3 Å². The molecule has 8 nitrogen and oxygen atoms in total. The Hall–Kier alpha value is -3.31. The van der Waals surface area contributed by atoms with Crippen LogP contribution in [0.4, 0.5) is 5.82 Å². The monoisotopic (exact) mass is 356 g/mol. The van der Waals surface area contributed by atoms with Crippen molar-refractivity contribution in [2.24, 2.45) is 7.05 Å². The van der Waals surface area contributed by atoms with Gasteiger partial charge in [0.15, 0.2) is 6.73 Å². The molecule has 0 aliphatic heterocycles. The number of nitrogens with one attached hydrogen (secondary N) is 1. The third-order valence-corrected chi connectivity index (χ3v) is 3.73. The molecule has 1 N–H and O–H groups in total. The van der Waals surface area contributed by atoms with E-state index >= 15 is 0 Å². The van der Waals surface area contributed by atoms with Gasteiger partial charge in [0, 0.05) is 13.2 Å². The van der Waals surface area contributed by atoms with Gasteiger partial charge in [-0.2, -0.15) is 15.5 Å². The highest BCUT2D eigenvalue weighted by atomic mass is 35.5. The lowest BCUT2D eigenvalue weighted by Gasteiger charge is -2.11. The molecule has 0 atom stereocenters. The first-order valence-corrected chi connectivity index (χ1v) is 7.60. The minimum Gasteiger partial charge on any atom is -0.470 e. The molecule has 0 saturated carbocycles. The van der Waals surface area contributed by atoms with E-state index in [2.05, 4.69) is 15.5 Å². The van der Waals surface area contributed by atoms with Crippen LogP contribution < -0.4 is 10.1 Å². The smallest absolute Gasteiger partial charge is 0.275 e. The summed E-state index contributed by atoms with van der Waals surface area (Å²) in [6.45, 7) is 0.00990. The van der Waals surface area contributed by atoms with E-state index in [4.69, 9.17) is 21.6 Å². The van der Waals surface area contributed by atoms with Crippen LogP contribution in [-0.2, 0) is 13.8 Å². The largest absolute Gasteiger partial charge is 0.470 e. The van der Waals surface area contributed by atoms with E-state index in [1.54, 1.807) is 37.4 Å². The Labute approximate surface area is 148 Å². The Morgan fingerprint density at radius 2 is 2.16 bits per heavy atom. The quantitative estimate of drug-likeness (QED) is 0.757. The van der Waals surface area contributed by atoms with Crippen LogP contribution in [0.5, 0.6) is 5.75 Å². The number of nitrogens with zero attached hydrogens (tertiary/aromatic N) is 5. The van der Waals surface area contributed by atoms with Crippen molar-refractivity contribution in [1.29, 1.82) is 5.26 Å². The molecule has 0 bridgehead atoms. The van der Waals surface area contributed by atoms with Crippen molar-refractivity contribution in [3.05, 3.63) is 59.0 Å². The van der Waals surface area contributed by atoms with Crippen molar-refractivity contribution in [2.75, 3.05) is 5.32 Å². The topological polar surface area (TPSA) is 97.8 Å². The first-order valence-electron chi connectivity index (χ1n) is 7.22. The van der Waals surface area contributed by atoms with Crippen molar-refractivity contribution in [3.63, 3.8) is 0 Å². The summed E-state index contributed by atoms with van der Waals surface area (Å²) in [5.74, 6) is 0.372. The van der Waals surface area contributed by atoms with Gasteiger partial charge in [-0.05, 0) is 18.2 Å². The summed E-state index contributed by atoms with van der Waals surface area (Å²) < 4.78 is 8.40. The molecule has 1 aromatic carbocycles. The fourth-order valence-corrected chi connectivity index (χ4v) is 2.35. The first kappa shape index (κ1) is 16.5. The number of halogens is 1. The molecule has 2 heterocycles. The zero-order chi connectivity index (χ0) is 17.8. The minimum atomic E-state index is -0.430. The molecule has 0 spiro atoms. The predicted octanol–water partition coefficient (Wildman–Crippen LogP) is 2.43. The number of rotatable bonds is 5. The number of hydrogen-bond acceptors (Lipinski definition) is 5. The van der Waals surface area contributed by atoms with Crippen LogP contribution in [0.25, 0.3) is 0 Å². The average molecular weight is 357 g/mol. The number of para-hydroxylation sites is 1. The maximum Gasteiger partial charge on any atom is 0.275 e. The molecule has 2 aromatic heterocycles. The molecule has 126 valence electrons. The molecule has 3 rings (SSSR count). The Morgan fingerprint density at radius 1 is 1.36 bits per heavy atom. The zero-order valence-corrected chi connectivity index (χ0v) is 13.9. The van der Waals surface area contributed by atoms with E-state index in [0.717, 1.165) is 0 Å². The van der Waals surface area contributed by atoms with Gasteiger partial charge in [-0.1, -0.05) is 23.7 Å². The van der Waals surface area contributed by atoms with Crippen LogP contribution in [-0.4, -0.2) is 25.5 Å². The third-order valence-electron chi connectivity index (χ3n) is 3.42. The van der Waals surface area contributed by atoms with Gasteiger partial charge in [-0.15, -0.1) is 0 Å². The standard InChI is InChI=1S/C16H13ClN6O2/c1-22-15(11(8-18)9-20-22)21-16(24)13-6-7-19-23(13)10-25-14-5-3-2-4-12(14)17/h2-7,9H,10H2,1H3,(H,21,24). The molecule has 0 fully saturated rings. The maximum absolute atomic E-state index is 12.5. The second-order valence-corrected chi connectivity index (χ2v) is 5.42. The lowest BCUT2D eigenvalue weighted by molar-refractivity contribution is 0.100. The van der Waals surface area contributed by atoms with E-state index in [0.29, 0.717) is 16.6 Å². The Kier molecular flexibility index (Phi) is 4.68. The van der Waals surface area contributed by atoms with Gasteiger partial charge in [0.2, 0.25) is 0 Å². The van der Waals surface area contributed by atoms with E-state index in [1.807, 2.05) is 6.07 Å². The van der Waals surface area contributed by atoms with Crippen LogP contribution >= 0.6 is 11.6 Å². The highest BCUT2D eigenvalue weighted by molar-refractivity contribution is 6.32. The van der Waals surface area contributed by atoms with Gasteiger partial charge >= 0.3 is 0 Å². The molecule has 1 amide bonds. The number of aryl methyl sites for hydroxylation is 1. The predicted molar refractivity (Wildman–Crippen MR) is 90.2 cm³/mol. The molecule has 9 heteroatoms. The molecule has 0 aliphatic carbocycles. The lowest BCUT2D eigenvalue weighted by atomic mass is 10.3. The van der Waals surface area contributed by atoms with E-state index in [9.17, 15) is 4.79 Å². The Morgan fingerprint density at radius 3 is 2.92 bits per heavy atom. The van der Waals surface area contributed by atoms with Gasteiger partial charge in [0.1, 0.15) is 28.9 Å². The SMILES string of the molecule is Cn1ncc(C#N)c1NC(=O)c1ccnn1COc1ccccc1Cl. The summed E-state index contributed by atoms with van der Waals surface area (Å²) in [6, 6.07) is 10.5. The van der Waals surface area contributed by atoms with Gasteiger partial charge in [0.05, 0.1) is 11.2 Å². The molecule has 0 aliphatic rings. The fourth-order valence-electron chi connectivity index (χ4n) is 2.16. The summed E-state index contributed by atoms with van der Waals surface area (Å²) in [5, 5.41) is 20.2. The summed E-state index contributed by atoms with van der Waals surface area (Å²) in [6.07, 6.45) is 2.87. The first-order chi connectivity index (χ1) is 12.1. The summed E-state index contributed by atoms with van der Waals surface area (Å²) in [5.41, 5.74) is 0.548. The Balaban J connectivity index is 1.75. The van der Waals surface area contributed by atoms with Gasteiger partial charge in [-0.3, -0.25) is 9.48 Å². The second-order valence-electron chi connectivity index (χ2n) is 5.02. The van der Waals surface area contributed by atoms with Crippen LogP contribution in [0, 0.1) is 11.3 Å². The molecule has 0 unspecified atom stereocenters. The molecular weight excluding hydrogens is 344 g/mol. The van der Waals surface area contributed by atoms with Crippen LogP contribution in [0.2, 0.25) is 5.02 Å². The van der Waals surface area contributed by atoms with Gasteiger partial charge in [-0.25, -0.2) is 4.68 Å². The second kappa shape index (κ2) is 7.07. The number of anilines is 1. The fraction of sp³-hybridized carbons (Fsp3) is 0.125. The normalized spacial score (nSPS) is 10.3. The van der Waals surface area contributed by atoms with Crippen molar-refractivity contribution < 1.29 is 9.53 Å². The van der Waals surface area contributed by atoms with Crippen LogP contribution in [0.15, 0.2) is 42.7 Å². The number of carbonyl (C=O) groups is 1. The third kappa shape index (κ3) is 3.46. The van der Waals surface area contributed by atoms with Gasteiger partial charge in [0.25, 0.3) is 5.91 Å². The number of ether oxygens (including phenoxy) is 1. The lowest BCUT2D eigenvalue weighted by Crippen LogP contribution is -2.21. The summed E-state index contributed by atoms with van der Waals surface area (Å²) >= 11 is 6.04. The zero-order valence-electron chi connectivity index (χ0n) is 13.2. The van der Waals surface area contributed by atoms with Crippen molar-refractivity contribution in [2.45, 2.75) is 6.73 Å². The highest BCUT2D eigenvalue weighted by Gasteiger charge is 2.17. The van der Waals surface area contributed by atoms with E-state index in [1.165, 1.54) is 21.8 Å². The number of nitriles is 1. The average Bonchev–Trinajstić information content (AvgIpc) is 3.21. The Bertz CT molecular complexity index is 956. The van der Waals surface area contributed by atoms with Crippen LogP contribution in [0.1, 0.15) is 16.1 Å². The maximum atomic E-state index is 12.5. The van der Waals surface area contributed by atoms with E-state index < -0.39 is 5.91 Å². The van der Waals surface area contributed by atoms with Crippen LogP contribution in [0.3, 0.4) is 0 Å². The van der Waals surface area contributed by atoms with Gasteiger partial charge < -0.3 is 10.1 Å². The summed E-state index contributed by atoms with van der Waals surface area (Å²) in [4.78, 5) is 12.5. The number of amides is 1. The molecule has 3 aromatic rings. The number of hydrogen-bond donors (Lipinski definition) is 1. The molecular formula is C16H13ClN6O2. The van der Waals surface area contributed by atoms with Crippen molar-refractivity contribution in [3.8, 4) is 11.8 Å². The number of aromatic nitrogens is 4. The summed E-state index contributed by atoms with van der Waals surface area (Å²) in [7, 11) is 1.63. The molecule has 0 radical (unpaired) electrons. The molecule has 25 heavy (non-hydrogen) atoms. The minimum absolute atomic E-state index is 0.00990. The highest BCUT2D eigenvalue weighted by Crippen LogP contribution is 2.23. The van der Waals surface area contributed by atoms with Crippen molar-refractivity contribution in [1.82, 2.24) is 19.6 Å². The van der Waals surface area contributed by atoms with E-state index in [-0.39, 0.29) is 18.0 Å².